The molecule has 0 rings (SSSR count). The number of hydrogen-bond donors (Lipinski definition) is 2. The molecule has 5 nitrogen and oxygen atoms in total. The quantitative estimate of drug-likeness (QED) is 0.304. The summed E-state index contributed by atoms with van der Waals surface area (Å²) in [5.41, 5.74) is 6.07. The first kappa shape index (κ1) is 19.6. The fourth-order valence-electron chi connectivity index (χ4n) is 1.09. The average Bonchev–Trinajstić information content (AvgIpc) is 2.25. The number of nitrogens with zero attached hydrogens (tertiary/aromatic N) is 1. The lowest BCUT2D eigenvalue weighted by molar-refractivity contribution is -0.129. The smallest absolute Gasteiger partial charge is 0.355 e. The van der Waals surface area contributed by atoms with E-state index in [1.165, 1.54) is 0 Å². The second-order valence-electron chi connectivity index (χ2n) is 6.14. The van der Waals surface area contributed by atoms with E-state index < -0.39 is 14.3 Å². The van der Waals surface area contributed by atoms with Gasteiger partial charge in [-0.1, -0.05) is 20.8 Å². The van der Waals surface area contributed by atoms with Crippen molar-refractivity contribution in [3.8, 4) is 0 Å². The summed E-state index contributed by atoms with van der Waals surface area (Å²) in [4.78, 5) is 15.2. The largest absolute Gasteiger partial charge is 0.476 e. The van der Waals surface area contributed by atoms with Crippen molar-refractivity contribution in [1.29, 1.82) is 0 Å². The third kappa shape index (κ3) is 5.92. The molecule has 0 fully saturated rings. The van der Waals surface area contributed by atoms with Crippen LogP contribution < -0.4 is 5.73 Å². The predicted octanol–water partition coefficient (Wildman–Crippen LogP) is 3.16. The number of hydrogen-bond acceptors (Lipinski definition) is 4. The summed E-state index contributed by atoms with van der Waals surface area (Å²) in [7, 11) is -1.81. The van der Waals surface area contributed by atoms with Gasteiger partial charge in [-0.25, -0.2) is 4.79 Å². The number of carboxylic acid groups (broad SMARTS) is 1. The summed E-state index contributed by atoms with van der Waals surface area (Å²) in [5, 5.41) is 9.26. The van der Waals surface area contributed by atoms with Gasteiger partial charge in [0.25, 0.3) is 0 Å². The van der Waals surface area contributed by atoms with Crippen molar-refractivity contribution < 1.29 is 14.3 Å². The Morgan fingerprint density at radius 1 is 1.40 bits per heavy atom. The van der Waals surface area contributed by atoms with E-state index in [-0.39, 0.29) is 10.7 Å². The highest BCUT2D eigenvalue weighted by Gasteiger charge is 2.36. The van der Waals surface area contributed by atoms with E-state index in [4.69, 9.17) is 15.3 Å². The molecule has 0 aromatic rings. The molecular formula is C13H25IN2O3Si. The van der Waals surface area contributed by atoms with E-state index in [2.05, 4.69) is 38.9 Å². The summed E-state index contributed by atoms with van der Waals surface area (Å²) in [5.74, 6) is -1.06. The highest BCUT2D eigenvalue weighted by Crippen LogP contribution is 2.36. The van der Waals surface area contributed by atoms with Gasteiger partial charge in [-0.05, 0) is 47.6 Å². The summed E-state index contributed by atoms with van der Waals surface area (Å²) in [6.45, 7) is 13.2. The molecule has 0 unspecified atom stereocenters. The lowest BCUT2D eigenvalue weighted by Crippen LogP contribution is -2.41. The van der Waals surface area contributed by atoms with Crippen molar-refractivity contribution in [3.63, 3.8) is 0 Å². The number of carboxylic acids is 1. The van der Waals surface area contributed by atoms with Crippen LogP contribution in [0, 0.1) is 0 Å². The van der Waals surface area contributed by atoms with E-state index in [9.17, 15) is 4.79 Å². The second kappa shape index (κ2) is 7.55. The lowest BCUT2D eigenvalue weighted by Gasteiger charge is -2.35. The molecule has 0 aromatic heterocycles. The monoisotopic (exact) mass is 412 g/mol. The summed E-state index contributed by atoms with van der Waals surface area (Å²) in [6.07, 6.45) is 0. The Bertz CT molecular complexity index is 422. The first-order valence-corrected chi connectivity index (χ1v) is 10.4. The van der Waals surface area contributed by atoms with Crippen molar-refractivity contribution in [3.05, 3.63) is 9.28 Å². The van der Waals surface area contributed by atoms with Gasteiger partial charge in [-0.2, -0.15) is 0 Å². The molecule has 0 aliphatic heterocycles. The third-order valence-electron chi connectivity index (χ3n) is 3.39. The van der Waals surface area contributed by atoms with Crippen LogP contribution in [-0.2, 0) is 9.22 Å². The number of rotatable bonds is 6. The van der Waals surface area contributed by atoms with Crippen molar-refractivity contribution in [2.24, 2.45) is 10.7 Å². The molecule has 3 N–H and O–H groups in total. The van der Waals surface area contributed by atoms with Crippen LogP contribution in [0.5, 0.6) is 0 Å². The first-order valence-electron chi connectivity index (χ1n) is 6.44. The zero-order valence-corrected chi connectivity index (χ0v) is 16.2. The fraction of sp³-hybridized carbons (Fsp3) is 0.692. The minimum Gasteiger partial charge on any atom is -0.476 e. The maximum atomic E-state index is 11.1. The predicted molar refractivity (Wildman–Crippen MR) is 94.0 cm³/mol. The molecule has 0 bridgehead atoms. The molecule has 0 aliphatic carbocycles. The summed E-state index contributed by atoms with van der Waals surface area (Å²) < 4.78 is 6.43. The number of carbonyl (C=O) groups is 1. The molecule has 0 amide bonds. The lowest BCUT2D eigenvalue weighted by atomic mass is 10.2. The van der Waals surface area contributed by atoms with Crippen molar-refractivity contribution in [2.45, 2.75) is 45.8 Å². The molecule has 0 aliphatic rings. The van der Waals surface area contributed by atoms with Crippen LogP contribution in [0.4, 0.5) is 0 Å². The van der Waals surface area contributed by atoms with E-state index in [0.717, 1.165) is 0 Å². The van der Waals surface area contributed by atoms with Gasteiger partial charge >= 0.3 is 5.97 Å². The normalized spacial score (nSPS) is 15.1. The van der Waals surface area contributed by atoms with Crippen molar-refractivity contribution in [2.75, 3.05) is 13.2 Å². The summed E-state index contributed by atoms with van der Waals surface area (Å²) in [6, 6.07) is 0. The van der Waals surface area contributed by atoms with Gasteiger partial charge in [-0.3, -0.25) is 4.99 Å². The maximum Gasteiger partial charge on any atom is 0.355 e. The van der Waals surface area contributed by atoms with Gasteiger partial charge in [0.05, 0.1) is 16.7 Å². The minimum atomic E-state index is -1.81. The number of aliphatic imine (C=N–C) groups is 1. The molecule has 20 heavy (non-hydrogen) atoms. The Morgan fingerprint density at radius 3 is 2.25 bits per heavy atom. The van der Waals surface area contributed by atoms with E-state index in [1.54, 1.807) is 6.92 Å². The molecule has 0 radical (unpaired) electrons. The Morgan fingerprint density at radius 2 is 1.90 bits per heavy atom. The van der Waals surface area contributed by atoms with Crippen molar-refractivity contribution >= 4 is 42.6 Å². The SMILES string of the molecule is CC(N)=C(I)C(=NCCO[Si](C)(C)C(C)(C)C)C(=O)O. The maximum absolute atomic E-state index is 11.1. The molecule has 0 saturated carbocycles. The highest BCUT2D eigenvalue weighted by molar-refractivity contribution is 14.1. The van der Waals surface area contributed by atoms with Gasteiger partial charge in [-0.15, -0.1) is 0 Å². The van der Waals surface area contributed by atoms with Crippen LogP contribution >= 0.6 is 22.6 Å². The number of halogens is 1. The molecule has 116 valence electrons. The number of allylic oxidation sites excluding steroid dienone is 1. The van der Waals surface area contributed by atoms with Gasteiger partial charge in [0, 0.05) is 5.70 Å². The first-order chi connectivity index (χ1) is 8.90. The number of nitrogens with two attached hydrogens (primary N) is 1. The van der Waals surface area contributed by atoms with Gasteiger partial charge in [0.2, 0.25) is 0 Å². The second-order valence-corrected chi connectivity index (χ2v) is 12.0. The van der Waals surface area contributed by atoms with E-state index in [1.807, 2.05) is 22.6 Å². The Kier molecular flexibility index (Phi) is 7.40. The van der Waals surface area contributed by atoms with Crippen LogP contribution in [-0.4, -0.2) is 38.3 Å². The van der Waals surface area contributed by atoms with Crippen LogP contribution in [0.2, 0.25) is 18.1 Å². The van der Waals surface area contributed by atoms with E-state index >= 15 is 0 Å². The van der Waals surface area contributed by atoms with Crippen LogP contribution in [0.25, 0.3) is 0 Å². The topological polar surface area (TPSA) is 84.9 Å². The molecule has 0 saturated heterocycles. The molecular weight excluding hydrogens is 387 g/mol. The fourth-order valence-corrected chi connectivity index (χ4v) is 2.53. The minimum absolute atomic E-state index is 0.00410. The number of aliphatic carboxylic acids is 1. The Balaban J connectivity index is 4.72. The van der Waals surface area contributed by atoms with Crippen molar-refractivity contribution in [1.82, 2.24) is 0 Å². The van der Waals surface area contributed by atoms with Crippen LogP contribution in [0.15, 0.2) is 14.3 Å². The van der Waals surface area contributed by atoms with E-state index in [0.29, 0.717) is 22.4 Å². The zero-order chi connectivity index (χ0) is 16.1. The average molecular weight is 412 g/mol. The molecule has 7 heteroatoms. The Labute approximate surface area is 135 Å². The standard InChI is InChI=1S/C13H25IN2O3Si/c1-9(15)10(14)11(12(17)18)16-7-8-19-20(5,6)13(2,3)4/h7-8,15H2,1-6H3,(H,17,18). The molecule has 0 aromatic carbocycles. The Hall–Kier alpha value is -0.413. The van der Waals surface area contributed by atoms with Gasteiger partial charge in [0.15, 0.2) is 14.0 Å². The third-order valence-corrected chi connectivity index (χ3v) is 9.29. The zero-order valence-electron chi connectivity index (χ0n) is 13.1. The molecule has 0 spiro atoms. The van der Waals surface area contributed by atoms with Gasteiger partial charge < -0.3 is 15.3 Å². The molecule has 0 atom stereocenters. The molecule has 0 heterocycles. The van der Waals surface area contributed by atoms with Crippen LogP contribution in [0.3, 0.4) is 0 Å². The highest BCUT2D eigenvalue weighted by atomic mass is 127. The van der Waals surface area contributed by atoms with Crippen LogP contribution in [0.1, 0.15) is 27.7 Å². The van der Waals surface area contributed by atoms with Gasteiger partial charge in [0.1, 0.15) is 0 Å². The summed E-state index contributed by atoms with van der Waals surface area (Å²) >= 11 is 1.90.